The van der Waals surface area contributed by atoms with Crippen molar-refractivity contribution in [1.82, 2.24) is 5.32 Å². The monoisotopic (exact) mass is 339 g/mol. The molecule has 1 heterocycles. The normalized spacial score (nSPS) is 17.5. The average Bonchev–Trinajstić information content (AvgIpc) is 2.53. The standard InChI is InChI=1S/C17H22ClNO4/c1-16(2,12-5-3-4-6-13(12)18)14(20)19-11-17(15(21)22)7-9-23-10-8-17/h3-6H,7-11H2,1-2H3,(H,19,20)(H,21,22). The van der Waals surface area contributed by atoms with Gasteiger partial charge in [-0.1, -0.05) is 29.8 Å². The Balaban J connectivity index is 2.11. The Labute approximate surface area is 141 Å². The topological polar surface area (TPSA) is 75.6 Å². The molecule has 2 rings (SSSR count). The summed E-state index contributed by atoms with van der Waals surface area (Å²) < 4.78 is 5.24. The molecule has 1 aromatic rings. The second-order valence-corrected chi connectivity index (χ2v) is 6.89. The molecule has 1 amide bonds. The molecule has 0 aliphatic carbocycles. The maximum atomic E-state index is 12.6. The van der Waals surface area contributed by atoms with Gasteiger partial charge in [-0.15, -0.1) is 0 Å². The minimum absolute atomic E-state index is 0.0956. The van der Waals surface area contributed by atoms with Gasteiger partial charge in [0.2, 0.25) is 5.91 Å². The predicted molar refractivity (Wildman–Crippen MR) is 87.6 cm³/mol. The number of rotatable bonds is 5. The first-order valence-corrected chi connectivity index (χ1v) is 8.02. The lowest BCUT2D eigenvalue weighted by molar-refractivity contribution is -0.154. The largest absolute Gasteiger partial charge is 0.481 e. The van der Waals surface area contributed by atoms with Crippen LogP contribution in [-0.2, 0) is 19.7 Å². The minimum atomic E-state index is -0.954. The van der Waals surface area contributed by atoms with Gasteiger partial charge in [0.15, 0.2) is 0 Å². The number of hydrogen-bond acceptors (Lipinski definition) is 3. The first kappa shape index (κ1) is 17.8. The van der Waals surface area contributed by atoms with Crippen molar-refractivity contribution in [2.75, 3.05) is 19.8 Å². The van der Waals surface area contributed by atoms with Crippen molar-refractivity contribution in [2.45, 2.75) is 32.1 Å². The first-order chi connectivity index (χ1) is 10.8. The van der Waals surface area contributed by atoms with Crippen molar-refractivity contribution < 1.29 is 19.4 Å². The minimum Gasteiger partial charge on any atom is -0.481 e. The number of carbonyl (C=O) groups excluding carboxylic acids is 1. The van der Waals surface area contributed by atoms with Gasteiger partial charge in [-0.3, -0.25) is 9.59 Å². The first-order valence-electron chi connectivity index (χ1n) is 7.64. The zero-order valence-electron chi connectivity index (χ0n) is 13.4. The van der Waals surface area contributed by atoms with E-state index >= 15 is 0 Å². The third-order valence-corrected chi connectivity index (χ3v) is 4.94. The molecule has 126 valence electrons. The lowest BCUT2D eigenvalue weighted by atomic mass is 9.79. The molecule has 0 saturated carbocycles. The number of aliphatic carboxylic acids is 1. The van der Waals surface area contributed by atoms with Crippen LogP contribution in [0, 0.1) is 5.41 Å². The van der Waals surface area contributed by atoms with E-state index in [4.69, 9.17) is 16.3 Å². The van der Waals surface area contributed by atoms with Crippen molar-refractivity contribution in [3.8, 4) is 0 Å². The molecular formula is C17H22ClNO4. The van der Waals surface area contributed by atoms with E-state index in [2.05, 4.69) is 5.32 Å². The maximum Gasteiger partial charge on any atom is 0.311 e. The van der Waals surface area contributed by atoms with Crippen molar-refractivity contribution in [3.63, 3.8) is 0 Å². The predicted octanol–water partition coefficient (Wildman–Crippen LogP) is 2.62. The van der Waals surface area contributed by atoms with E-state index in [1.165, 1.54) is 0 Å². The number of amides is 1. The lowest BCUT2D eigenvalue weighted by Crippen LogP contribution is -2.50. The molecule has 0 atom stereocenters. The van der Waals surface area contributed by atoms with E-state index in [9.17, 15) is 14.7 Å². The lowest BCUT2D eigenvalue weighted by Gasteiger charge is -2.34. The molecule has 0 spiro atoms. The summed E-state index contributed by atoms with van der Waals surface area (Å²) in [5.41, 5.74) is -1.08. The summed E-state index contributed by atoms with van der Waals surface area (Å²) in [5.74, 6) is -1.13. The molecule has 1 saturated heterocycles. The third kappa shape index (κ3) is 3.67. The summed E-state index contributed by atoms with van der Waals surface area (Å²) in [6.45, 7) is 4.45. The van der Waals surface area contributed by atoms with E-state index in [0.717, 1.165) is 5.56 Å². The number of carboxylic acids is 1. The summed E-state index contributed by atoms with van der Waals surface area (Å²) in [4.78, 5) is 24.3. The van der Waals surface area contributed by atoms with Crippen LogP contribution in [0.2, 0.25) is 5.02 Å². The Morgan fingerprint density at radius 2 is 1.91 bits per heavy atom. The van der Waals surface area contributed by atoms with Crippen LogP contribution in [0.1, 0.15) is 32.3 Å². The highest BCUT2D eigenvalue weighted by Crippen LogP contribution is 2.32. The van der Waals surface area contributed by atoms with Crippen molar-refractivity contribution in [1.29, 1.82) is 0 Å². The molecule has 0 bridgehead atoms. The van der Waals surface area contributed by atoms with Gasteiger partial charge in [-0.25, -0.2) is 0 Å². The van der Waals surface area contributed by atoms with Gasteiger partial charge >= 0.3 is 5.97 Å². The van der Waals surface area contributed by atoms with Crippen LogP contribution >= 0.6 is 11.6 Å². The molecule has 23 heavy (non-hydrogen) atoms. The molecule has 6 heteroatoms. The molecule has 1 aliphatic heterocycles. The molecule has 0 aromatic heterocycles. The Bertz CT molecular complexity index is 594. The van der Waals surface area contributed by atoms with Crippen LogP contribution in [0.5, 0.6) is 0 Å². The molecule has 1 aliphatic rings. The number of benzene rings is 1. The van der Waals surface area contributed by atoms with Crippen molar-refractivity contribution in [2.24, 2.45) is 5.41 Å². The second-order valence-electron chi connectivity index (χ2n) is 6.49. The van der Waals surface area contributed by atoms with E-state index in [-0.39, 0.29) is 12.5 Å². The summed E-state index contributed by atoms with van der Waals surface area (Å²) in [6, 6.07) is 7.18. The van der Waals surface area contributed by atoms with Crippen LogP contribution in [0.25, 0.3) is 0 Å². The van der Waals surface area contributed by atoms with Gasteiger partial charge in [0.25, 0.3) is 0 Å². The number of carboxylic acid groups (broad SMARTS) is 1. The molecular weight excluding hydrogens is 318 g/mol. The number of halogens is 1. The molecule has 1 fully saturated rings. The average molecular weight is 340 g/mol. The molecule has 2 N–H and O–H groups in total. The number of hydrogen-bond donors (Lipinski definition) is 2. The summed E-state index contributed by atoms with van der Waals surface area (Å²) in [7, 11) is 0. The fourth-order valence-electron chi connectivity index (χ4n) is 2.79. The van der Waals surface area contributed by atoms with Gasteiger partial charge < -0.3 is 15.2 Å². The summed E-state index contributed by atoms with van der Waals surface area (Å²) in [6.07, 6.45) is 0.796. The van der Waals surface area contributed by atoms with Crippen molar-refractivity contribution >= 4 is 23.5 Å². The van der Waals surface area contributed by atoms with Crippen LogP contribution < -0.4 is 5.32 Å². The van der Waals surface area contributed by atoms with E-state index in [1.54, 1.807) is 26.0 Å². The highest BCUT2D eigenvalue weighted by Gasteiger charge is 2.42. The Morgan fingerprint density at radius 3 is 2.48 bits per heavy atom. The van der Waals surface area contributed by atoms with Crippen LogP contribution in [0.3, 0.4) is 0 Å². The Hall–Kier alpha value is -1.59. The van der Waals surface area contributed by atoms with Gasteiger partial charge in [-0.05, 0) is 38.3 Å². The Morgan fingerprint density at radius 1 is 1.30 bits per heavy atom. The summed E-state index contributed by atoms with van der Waals surface area (Å²) >= 11 is 6.19. The number of ether oxygens (including phenoxy) is 1. The quantitative estimate of drug-likeness (QED) is 0.864. The zero-order valence-corrected chi connectivity index (χ0v) is 14.2. The second kappa shape index (κ2) is 6.89. The van der Waals surface area contributed by atoms with Gasteiger partial charge in [-0.2, -0.15) is 0 Å². The van der Waals surface area contributed by atoms with Gasteiger partial charge in [0, 0.05) is 24.8 Å². The van der Waals surface area contributed by atoms with E-state index < -0.39 is 16.8 Å². The van der Waals surface area contributed by atoms with Crippen LogP contribution in [0.15, 0.2) is 24.3 Å². The van der Waals surface area contributed by atoms with E-state index in [0.29, 0.717) is 31.1 Å². The molecule has 1 aromatic carbocycles. The third-order valence-electron chi connectivity index (χ3n) is 4.61. The highest BCUT2D eigenvalue weighted by atomic mass is 35.5. The van der Waals surface area contributed by atoms with Crippen LogP contribution in [0.4, 0.5) is 0 Å². The zero-order chi connectivity index (χ0) is 17.1. The molecule has 5 nitrogen and oxygen atoms in total. The van der Waals surface area contributed by atoms with Crippen LogP contribution in [-0.4, -0.2) is 36.7 Å². The summed E-state index contributed by atoms with van der Waals surface area (Å²) in [5, 5.41) is 12.9. The van der Waals surface area contributed by atoms with E-state index in [1.807, 2.05) is 12.1 Å². The number of nitrogens with one attached hydrogen (secondary N) is 1. The smallest absolute Gasteiger partial charge is 0.311 e. The molecule has 0 unspecified atom stereocenters. The van der Waals surface area contributed by atoms with Gasteiger partial charge in [0.05, 0.1) is 10.8 Å². The maximum absolute atomic E-state index is 12.6. The highest BCUT2D eigenvalue weighted by molar-refractivity contribution is 6.31. The Kier molecular flexibility index (Phi) is 5.32. The fourth-order valence-corrected chi connectivity index (χ4v) is 3.16. The molecule has 0 radical (unpaired) electrons. The van der Waals surface area contributed by atoms with Gasteiger partial charge in [0.1, 0.15) is 0 Å². The fraction of sp³-hybridized carbons (Fsp3) is 0.529. The SMILES string of the molecule is CC(C)(C(=O)NCC1(C(=O)O)CCOCC1)c1ccccc1Cl. The number of carbonyl (C=O) groups is 2. The van der Waals surface area contributed by atoms with Crippen molar-refractivity contribution in [3.05, 3.63) is 34.9 Å².